The minimum absolute atomic E-state index is 0.353. The highest BCUT2D eigenvalue weighted by molar-refractivity contribution is 6.30. The van der Waals surface area contributed by atoms with Crippen LogP contribution in [0.25, 0.3) is 5.65 Å². The van der Waals surface area contributed by atoms with Gasteiger partial charge in [0.05, 0.1) is 0 Å². The van der Waals surface area contributed by atoms with Crippen molar-refractivity contribution >= 4 is 17.2 Å². The summed E-state index contributed by atoms with van der Waals surface area (Å²) in [5, 5.41) is 0.700. The average Bonchev–Trinajstić information content (AvgIpc) is 2.80. The number of aromatic nitrogens is 2. The van der Waals surface area contributed by atoms with Crippen LogP contribution < -0.4 is 10.5 Å². The molecule has 0 atom stereocenters. The normalized spacial score (nSPS) is 11.0. The summed E-state index contributed by atoms with van der Waals surface area (Å²) in [6, 6.07) is 9.55. The van der Waals surface area contributed by atoms with Crippen LogP contribution in [0.4, 0.5) is 0 Å². The van der Waals surface area contributed by atoms with E-state index < -0.39 is 0 Å². The zero-order chi connectivity index (χ0) is 15.0. The van der Waals surface area contributed by atoms with Crippen molar-refractivity contribution in [1.29, 1.82) is 0 Å². The molecule has 0 fully saturated rings. The highest BCUT2D eigenvalue weighted by atomic mass is 35.5. The van der Waals surface area contributed by atoms with Crippen LogP contribution in [0.3, 0.4) is 0 Å². The number of aryl methyl sites for hydroxylation is 2. The number of hydrogen-bond donors (Lipinski definition) is 1. The number of benzene rings is 1. The fraction of sp³-hybridized carbons (Fsp3) is 0.188. The molecule has 0 aliphatic heterocycles. The van der Waals surface area contributed by atoms with Crippen molar-refractivity contribution in [1.82, 2.24) is 9.38 Å². The molecule has 108 valence electrons. The number of fused-ring (bicyclic) bond motifs is 1. The molecule has 1 aromatic carbocycles. The van der Waals surface area contributed by atoms with Crippen LogP contribution in [0.1, 0.15) is 16.8 Å². The number of nitrogens with zero attached hydrogens (tertiary/aromatic N) is 2. The van der Waals surface area contributed by atoms with E-state index in [9.17, 15) is 0 Å². The number of halogens is 1. The summed E-state index contributed by atoms with van der Waals surface area (Å²) < 4.78 is 7.97. The molecule has 3 aromatic rings. The number of imidazole rings is 1. The van der Waals surface area contributed by atoms with Gasteiger partial charge in [0.25, 0.3) is 0 Å². The standard InChI is InChI=1S/C16H16ClN3O/c1-10-7-12(17)8-11(2)15(10)21-16-13(9-18)20-6-4-3-5-14(20)19-16/h3-8H,9,18H2,1-2H3. The maximum Gasteiger partial charge on any atom is 0.242 e. The van der Waals surface area contributed by atoms with Gasteiger partial charge in [-0.25, -0.2) is 0 Å². The van der Waals surface area contributed by atoms with Gasteiger partial charge in [-0.15, -0.1) is 0 Å². The lowest BCUT2D eigenvalue weighted by Crippen LogP contribution is -2.03. The molecule has 0 amide bonds. The summed E-state index contributed by atoms with van der Waals surface area (Å²) in [7, 11) is 0. The number of hydrogen-bond acceptors (Lipinski definition) is 3. The fourth-order valence-electron chi connectivity index (χ4n) is 2.45. The Morgan fingerprint density at radius 3 is 2.62 bits per heavy atom. The van der Waals surface area contributed by atoms with Gasteiger partial charge in [0.1, 0.15) is 17.1 Å². The van der Waals surface area contributed by atoms with Gasteiger partial charge in [-0.05, 0) is 49.2 Å². The molecule has 0 bridgehead atoms. The number of ether oxygens (including phenoxy) is 1. The Hall–Kier alpha value is -2.04. The molecule has 2 heterocycles. The minimum atomic E-state index is 0.353. The highest BCUT2D eigenvalue weighted by Crippen LogP contribution is 2.32. The monoisotopic (exact) mass is 301 g/mol. The first-order valence-electron chi connectivity index (χ1n) is 6.71. The van der Waals surface area contributed by atoms with E-state index in [1.165, 1.54) is 0 Å². The molecule has 0 unspecified atom stereocenters. The first kappa shape index (κ1) is 13.9. The van der Waals surface area contributed by atoms with Gasteiger partial charge in [-0.3, -0.25) is 4.40 Å². The zero-order valence-electron chi connectivity index (χ0n) is 11.9. The van der Waals surface area contributed by atoms with Gasteiger partial charge in [0, 0.05) is 17.8 Å². The molecule has 2 N–H and O–H groups in total. The number of nitrogens with two attached hydrogens (primary N) is 1. The Labute approximate surface area is 128 Å². The third kappa shape index (κ3) is 2.48. The van der Waals surface area contributed by atoms with Gasteiger partial charge in [0.15, 0.2) is 0 Å². The zero-order valence-corrected chi connectivity index (χ0v) is 12.7. The molecule has 0 spiro atoms. The van der Waals surface area contributed by atoms with Crippen molar-refractivity contribution in [2.75, 3.05) is 0 Å². The van der Waals surface area contributed by atoms with Crippen molar-refractivity contribution in [3.8, 4) is 11.6 Å². The van der Waals surface area contributed by atoms with Crippen LogP contribution in [0.5, 0.6) is 11.6 Å². The van der Waals surface area contributed by atoms with Crippen molar-refractivity contribution in [2.45, 2.75) is 20.4 Å². The maximum atomic E-state index is 6.05. The smallest absolute Gasteiger partial charge is 0.242 e. The van der Waals surface area contributed by atoms with E-state index in [4.69, 9.17) is 22.1 Å². The summed E-state index contributed by atoms with van der Waals surface area (Å²) >= 11 is 6.05. The molecule has 2 aromatic heterocycles. The average molecular weight is 302 g/mol. The summed E-state index contributed by atoms with van der Waals surface area (Å²) in [6.45, 7) is 4.28. The predicted octanol–water partition coefficient (Wildman–Crippen LogP) is 3.86. The number of rotatable bonds is 3. The van der Waals surface area contributed by atoms with Crippen LogP contribution in [-0.4, -0.2) is 9.38 Å². The second-order valence-electron chi connectivity index (χ2n) is 4.97. The molecule has 21 heavy (non-hydrogen) atoms. The minimum Gasteiger partial charge on any atom is -0.437 e. The van der Waals surface area contributed by atoms with E-state index in [2.05, 4.69) is 4.98 Å². The highest BCUT2D eigenvalue weighted by Gasteiger charge is 2.15. The van der Waals surface area contributed by atoms with E-state index >= 15 is 0 Å². The van der Waals surface area contributed by atoms with E-state index in [1.54, 1.807) is 0 Å². The second-order valence-corrected chi connectivity index (χ2v) is 5.40. The maximum absolute atomic E-state index is 6.05. The third-order valence-electron chi connectivity index (χ3n) is 3.41. The largest absolute Gasteiger partial charge is 0.437 e. The van der Waals surface area contributed by atoms with E-state index in [-0.39, 0.29) is 0 Å². The van der Waals surface area contributed by atoms with Crippen LogP contribution in [0, 0.1) is 13.8 Å². The summed E-state index contributed by atoms with van der Waals surface area (Å²) in [5.41, 5.74) is 9.46. The van der Waals surface area contributed by atoms with Crippen molar-refractivity contribution < 1.29 is 4.74 Å². The van der Waals surface area contributed by atoms with E-state index in [0.29, 0.717) is 17.4 Å². The Morgan fingerprint density at radius 2 is 1.95 bits per heavy atom. The predicted molar refractivity (Wildman–Crippen MR) is 84.1 cm³/mol. The van der Waals surface area contributed by atoms with Crippen LogP contribution in [0.15, 0.2) is 36.5 Å². The quantitative estimate of drug-likeness (QED) is 0.799. The summed E-state index contributed by atoms with van der Waals surface area (Å²) in [6.07, 6.45) is 1.93. The molecule has 5 heteroatoms. The molecule has 4 nitrogen and oxygen atoms in total. The van der Waals surface area contributed by atoms with Crippen molar-refractivity contribution in [3.63, 3.8) is 0 Å². The second kappa shape index (κ2) is 5.39. The van der Waals surface area contributed by atoms with E-state index in [0.717, 1.165) is 28.2 Å². The van der Waals surface area contributed by atoms with Gasteiger partial charge in [-0.1, -0.05) is 17.7 Å². The van der Waals surface area contributed by atoms with Gasteiger partial charge >= 0.3 is 0 Å². The summed E-state index contributed by atoms with van der Waals surface area (Å²) in [4.78, 5) is 4.51. The first-order chi connectivity index (χ1) is 10.1. The van der Waals surface area contributed by atoms with Gasteiger partial charge in [-0.2, -0.15) is 4.98 Å². The van der Waals surface area contributed by atoms with Crippen LogP contribution in [-0.2, 0) is 6.54 Å². The molecule has 0 aliphatic carbocycles. The molecule has 3 rings (SSSR count). The molecule has 0 saturated heterocycles. The lowest BCUT2D eigenvalue weighted by Gasteiger charge is -2.11. The van der Waals surface area contributed by atoms with Gasteiger partial charge < -0.3 is 10.5 Å². The molecule has 0 saturated carbocycles. The molecular formula is C16H16ClN3O. The molecule has 0 aliphatic rings. The van der Waals surface area contributed by atoms with E-state index in [1.807, 2.05) is 54.8 Å². The Balaban J connectivity index is 2.10. The third-order valence-corrected chi connectivity index (χ3v) is 3.63. The van der Waals surface area contributed by atoms with Crippen LogP contribution in [0.2, 0.25) is 5.02 Å². The van der Waals surface area contributed by atoms with Crippen molar-refractivity contribution in [3.05, 3.63) is 58.4 Å². The lowest BCUT2D eigenvalue weighted by molar-refractivity contribution is 0.452. The Morgan fingerprint density at radius 1 is 1.24 bits per heavy atom. The Kier molecular flexibility index (Phi) is 3.57. The summed E-state index contributed by atoms with van der Waals surface area (Å²) in [5.74, 6) is 1.31. The SMILES string of the molecule is Cc1cc(Cl)cc(C)c1Oc1nc2ccccn2c1CN. The topological polar surface area (TPSA) is 52.5 Å². The van der Waals surface area contributed by atoms with Crippen molar-refractivity contribution in [2.24, 2.45) is 5.73 Å². The number of pyridine rings is 1. The fourth-order valence-corrected chi connectivity index (χ4v) is 2.77. The molecular weight excluding hydrogens is 286 g/mol. The van der Waals surface area contributed by atoms with Gasteiger partial charge in [0.2, 0.25) is 5.88 Å². The first-order valence-corrected chi connectivity index (χ1v) is 7.08. The molecule has 0 radical (unpaired) electrons. The lowest BCUT2D eigenvalue weighted by atomic mass is 10.1. The Bertz CT molecular complexity index is 787. The van der Waals surface area contributed by atoms with Crippen LogP contribution >= 0.6 is 11.6 Å².